The molecule has 0 aliphatic rings. The molecule has 1 aromatic rings. The maximum absolute atomic E-state index is 11.2. The van der Waals surface area contributed by atoms with Crippen LogP contribution < -0.4 is 0 Å². The molecule has 0 heterocycles. The molecule has 0 unspecified atom stereocenters. The second-order valence-electron chi connectivity index (χ2n) is 2.44. The zero-order valence-corrected chi connectivity index (χ0v) is 8.06. The van der Waals surface area contributed by atoms with Crippen LogP contribution in [-0.4, -0.2) is 26.0 Å². The van der Waals surface area contributed by atoms with Gasteiger partial charge in [-0.25, -0.2) is 9.59 Å². The summed E-state index contributed by atoms with van der Waals surface area (Å²) < 4.78 is 13.2. The van der Waals surface area contributed by atoms with Crippen molar-refractivity contribution >= 4 is 12.1 Å². The zero-order chi connectivity index (χ0) is 11.1. The van der Waals surface area contributed by atoms with E-state index in [1.165, 1.54) is 0 Å². The van der Waals surface area contributed by atoms with Gasteiger partial charge in [-0.3, -0.25) is 0 Å². The van der Waals surface area contributed by atoms with E-state index < -0.39 is 18.9 Å². The summed E-state index contributed by atoms with van der Waals surface area (Å²) in [6.45, 7) is -0.468. The molecule has 0 aliphatic heterocycles. The lowest BCUT2D eigenvalue weighted by Gasteiger charge is -2.04. The van der Waals surface area contributed by atoms with Gasteiger partial charge in [0, 0.05) is 0 Å². The number of methoxy groups -OCH3 is 1. The normalized spacial score (nSPS) is 9.13. The smallest absolute Gasteiger partial charge is 0.438 e. The van der Waals surface area contributed by atoms with Crippen molar-refractivity contribution < 1.29 is 23.8 Å². The first-order valence-electron chi connectivity index (χ1n) is 4.08. The summed E-state index contributed by atoms with van der Waals surface area (Å²) >= 11 is 0. The highest BCUT2D eigenvalue weighted by Gasteiger charge is 2.07. The molecule has 0 spiro atoms. The van der Waals surface area contributed by atoms with Gasteiger partial charge in [0.15, 0.2) is 0 Å². The highest BCUT2D eigenvalue weighted by atomic mass is 16.8. The number of benzene rings is 1. The van der Waals surface area contributed by atoms with Crippen LogP contribution in [0.2, 0.25) is 0 Å². The van der Waals surface area contributed by atoms with Gasteiger partial charge in [-0.15, -0.1) is 0 Å². The topological polar surface area (TPSA) is 61.8 Å². The maximum atomic E-state index is 11.2. The van der Waals surface area contributed by atoms with Crippen LogP contribution in [0.25, 0.3) is 0 Å². The van der Waals surface area contributed by atoms with Crippen LogP contribution in [0.5, 0.6) is 0 Å². The Bertz CT molecular complexity index is 333. The first-order chi connectivity index (χ1) is 7.24. The third-order valence-corrected chi connectivity index (χ3v) is 1.49. The second kappa shape index (κ2) is 5.64. The summed E-state index contributed by atoms with van der Waals surface area (Å²) in [6.07, 6.45) is -0.899. The monoisotopic (exact) mass is 209 g/mol. The summed E-state index contributed by atoms with van der Waals surface area (Å²) in [5.41, 5.74) is 0.363. The summed E-state index contributed by atoms with van der Waals surface area (Å²) in [5, 5.41) is 0. The molecular weight excluding hydrogens is 200 g/mol. The number of ether oxygens (including phenoxy) is 3. The largest absolute Gasteiger partial charge is 0.510 e. The Balaban J connectivity index is 2.34. The number of carbonyl (C=O) groups excluding carboxylic acids is 2. The van der Waals surface area contributed by atoms with E-state index >= 15 is 0 Å². The Kier molecular flexibility index (Phi) is 4.15. The van der Waals surface area contributed by atoms with Gasteiger partial charge in [-0.1, -0.05) is 12.1 Å². The molecule has 0 amide bonds. The number of hydrogen-bond donors (Lipinski definition) is 0. The Labute approximate surface area is 86.6 Å². The molecule has 0 saturated carbocycles. The van der Waals surface area contributed by atoms with Gasteiger partial charge < -0.3 is 14.2 Å². The van der Waals surface area contributed by atoms with Gasteiger partial charge in [0.1, 0.15) is 0 Å². The van der Waals surface area contributed by atoms with E-state index in [0.29, 0.717) is 5.56 Å². The highest BCUT2D eigenvalue weighted by Crippen LogP contribution is 2.00. The first kappa shape index (κ1) is 11.0. The maximum Gasteiger partial charge on any atom is 0.510 e. The molecule has 0 fully saturated rings. The van der Waals surface area contributed by atoms with Gasteiger partial charge >= 0.3 is 12.1 Å². The number of hydrogen-bond acceptors (Lipinski definition) is 5. The quantitative estimate of drug-likeness (QED) is 0.556. The molecule has 1 radical (unpaired) electrons. The van der Waals surface area contributed by atoms with Gasteiger partial charge in [0.2, 0.25) is 6.79 Å². The minimum absolute atomic E-state index is 0.363. The second-order valence-corrected chi connectivity index (χ2v) is 2.44. The van der Waals surface area contributed by atoms with Crippen molar-refractivity contribution in [2.75, 3.05) is 13.9 Å². The van der Waals surface area contributed by atoms with E-state index in [1.807, 2.05) is 0 Å². The lowest BCUT2D eigenvalue weighted by Crippen LogP contribution is -2.12. The fraction of sp³-hybridized carbons (Fsp3) is 0.200. The Morgan fingerprint density at radius 3 is 2.53 bits per heavy atom. The predicted octanol–water partition coefficient (Wildman–Crippen LogP) is 1.38. The summed E-state index contributed by atoms with van der Waals surface area (Å²) in [5.74, 6) is -0.576. The summed E-state index contributed by atoms with van der Waals surface area (Å²) in [7, 11) is 1.16. The molecule has 5 nitrogen and oxygen atoms in total. The molecule has 0 saturated heterocycles. The molecule has 1 rings (SSSR count). The van der Waals surface area contributed by atoms with E-state index in [9.17, 15) is 9.59 Å². The van der Waals surface area contributed by atoms with Gasteiger partial charge in [0.05, 0.1) is 12.7 Å². The molecule has 0 atom stereocenters. The number of rotatable bonds is 3. The van der Waals surface area contributed by atoms with Gasteiger partial charge in [-0.2, -0.15) is 0 Å². The Morgan fingerprint density at radius 2 is 1.93 bits per heavy atom. The standard InChI is InChI=1S/C10H9O5/c1-13-10(12)15-7-14-9(11)8-5-3-2-4-6-8/h3-6H,7H2,1H3. The van der Waals surface area contributed by atoms with Crippen LogP contribution >= 0.6 is 0 Å². The van der Waals surface area contributed by atoms with Crippen LogP contribution in [0.4, 0.5) is 4.79 Å². The molecule has 0 N–H and O–H groups in total. The van der Waals surface area contributed by atoms with E-state index in [4.69, 9.17) is 0 Å². The third kappa shape index (κ3) is 3.68. The van der Waals surface area contributed by atoms with Crippen LogP contribution in [0.15, 0.2) is 24.3 Å². The molecule has 5 heteroatoms. The first-order valence-corrected chi connectivity index (χ1v) is 4.08. The van der Waals surface area contributed by atoms with Crippen LogP contribution in [-0.2, 0) is 14.2 Å². The van der Waals surface area contributed by atoms with E-state index in [-0.39, 0.29) is 0 Å². The Hall–Kier alpha value is -2.04. The van der Waals surface area contributed by atoms with Crippen molar-refractivity contribution in [3.05, 3.63) is 35.9 Å². The van der Waals surface area contributed by atoms with E-state index in [2.05, 4.69) is 20.3 Å². The van der Waals surface area contributed by atoms with Crippen LogP contribution in [0, 0.1) is 6.07 Å². The van der Waals surface area contributed by atoms with Crippen molar-refractivity contribution in [1.82, 2.24) is 0 Å². The van der Waals surface area contributed by atoms with Crippen molar-refractivity contribution in [3.8, 4) is 0 Å². The molecule has 15 heavy (non-hydrogen) atoms. The molecule has 0 aromatic heterocycles. The minimum atomic E-state index is -0.899. The fourth-order valence-corrected chi connectivity index (χ4v) is 0.796. The van der Waals surface area contributed by atoms with Crippen molar-refractivity contribution in [2.45, 2.75) is 0 Å². The fourth-order valence-electron chi connectivity index (χ4n) is 0.796. The number of esters is 1. The Morgan fingerprint density at radius 1 is 1.27 bits per heavy atom. The molecule has 1 aromatic carbocycles. The van der Waals surface area contributed by atoms with Crippen molar-refractivity contribution in [2.24, 2.45) is 0 Å². The molecule has 0 bridgehead atoms. The molecule has 79 valence electrons. The average Bonchev–Trinajstić information content (AvgIpc) is 2.29. The lowest BCUT2D eigenvalue weighted by atomic mass is 10.2. The SMILES string of the molecule is COC(=O)OCOC(=O)c1cc[c]cc1. The number of carbonyl (C=O) groups is 2. The van der Waals surface area contributed by atoms with E-state index in [1.54, 1.807) is 24.3 Å². The van der Waals surface area contributed by atoms with Gasteiger partial charge in [0.25, 0.3) is 0 Å². The van der Waals surface area contributed by atoms with Gasteiger partial charge in [-0.05, 0) is 18.2 Å². The van der Waals surface area contributed by atoms with Crippen molar-refractivity contribution in [3.63, 3.8) is 0 Å². The highest BCUT2D eigenvalue weighted by molar-refractivity contribution is 5.89. The van der Waals surface area contributed by atoms with Crippen LogP contribution in [0.1, 0.15) is 10.4 Å². The average molecular weight is 209 g/mol. The van der Waals surface area contributed by atoms with Crippen LogP contribution in [0.3, 0.4) is 0 Å². The molecular formula is C10H9O5. The minimum Gasteiger partial charge on any atom is -0.438 e. The lowest BCUT2D eigenvalue weighted by molar-refractivity contribution is -0.0220. The van der Waals surface area contributed by atoms with E-state index in [0.717, 1.165) is 7.11 Å². The third-order valence-electron chi connectivity index (χ3n) is 1.49. The zero-order valence-electron chi connectivity index (χ0n) is 8.06. The van der Waals surface area contributed by atoms with Crippen molar-refractivity contribution in [1.29, 1.82) is 0 Å². The predicted molar refractivity (Wildman–Crippen MR) is 49.1 cm³/mol. The molecule has 0 aliphatic carbocycles. The summed E-state index contributed by atoms with van der Waals surface area (Å²) in [6, 6.07) is 9.00. The summed E-state index contributed by atoms with van der Waals surface area (Å²) in [4.78, 5) is 21.7.